The van der Waals surface area contributed by atoms with Gasteiger partial charge in [0.1, 0.15) is 11.7 Å². The number of Topliss-reactive ketones (excluding diaryl/α,β-unsaturated/α-hetero) is 1. The molecule has 200 valence electrons. The molecule has 2 aliphatic rings. The van der Waals surface area contributed by atoms with Crippen LogP contribution in [0.4, 0.5) is 0 Å². The number of hydrogen-bond donors (Lipinski definition) is 0. The fourth-order valence-corrected chi connectivity index (χ4v) is 5.66. The molecule has 1 heterocycles. The highest BCUT2D eigenvalue weighted by Gasteiger charge is 2.53. The maximum Gasteiger partial charge on any atom is 0.336 e. The highest BCUT2D eigenvalue weighted by Crippen LogP contribution is 2.48. The molecule has 7 heteroatoms. The number of carbonyl (C=O) groups excluding carboxylic acids is 3. The number of benzene rings is 2. The van der Waals surface area contributed by atoms with Gasteiger partial charge < -0.3 is 14.2 Å². The van der Waals surface area contributed by atoms with Gasteiger partial charge in [0.15, 0.2) is 5.78 Å². The molecule has 0 N–H and O–H groups in total. The third kappa shape index (κ3) is 5.15. The Labute approximate surface area is 223 Å². The lowest BCUT2D eigenvalue weighted by molar-refractivity contribution is -0.153. The van der Waals surface area contributed by atoms with Crippen LogP contribution in [0.2, 0.25) is 0 Å². The molecule has 0 radical (unpaired) electrons. The number of methoxy groups -OCH3 is 1. The van der Waals surface area contributed by atoms with Gasteiger partial charge in [-0.25, -0.2) is 4.79 Å². The summed E-state index contributed by atoms with van der Waals surface area (Å²) in [6.07, 6.45) is 1.25. The van der Waals surface area contributed by atoms with Gasteiger partial charge >= 0.3 is 11.9 Å². The molecule has 38 heavy (non-hydrogen) atoms. The van der Waals surface area contributed by atoms with Crippen molar-refractivity contribution < 1.29 is 28.6 Å². The van der Waals surface area contributed by atoms with E-state index in [2.05, 4.69) is 6.92 Å². The number of fused-ring (bicyclic) bond motifs is 1. The molecule has 0 bridgehead atoms. The van der Waals surface area contributed by atoms with Gasteiger partial charge in [0.25, 0.3) is 0 Å². The monoisotopic (exact) mass is 517 g/mol. The highest BCUT2D eigenvalue weighted by atomic mass is 16.5. The predicted molar refractivity (Wildman–Crippen MR) is 144 cm³/mol. The average molecular weight is 518 g/mol. The Morgan fingerprint density at radius 1 is 0.947 bits per heavy atom. The number of allylic oxidation sites excluding steroid dienone is 1. The van der Waals surface area contributed by atoms with Crippen molar-refractivity contribution in [1.29, 1.82) is 0 Å². The summed E-state index contributed by atoms with van der Waals surface area (Å²) in [5.41, 5.74) is 4.33. The summed E-state index contributed by atoms with van der Waals surface area (Å²) >= 11 is 0. The van der Waals surface area contributed by atoms with Gasteiger partial charge in [-0.2, -0.15) is 0 Å². The van der Waals surface area contributed by atoms with Crippen LogP contribution < -0.4 is 4.74 Å². The molecule has 0 spiro atoms. The van der Waals surface area contributed by atoms with Gasteiger partial charge in [-0.3, -0.25) is 14.6 Å². The zero-order valence-electron chi connectivity index (χ0n) is 22.7. The third-order valence-corrected chi connectivity index (χ3v) is 7.45. The minimum Gasteiger partial charge on any atom is -0.497 e. The zero-order valence-corrected chi connectivity index (χ0v) is 22.7. The number of rotatable bonds is 8. The van der Waals surface area contributed by atoms with Crippen LogP contribution in [0.15, 0.2) is 64.8 Å². The summed E-state index contributed by atoms with van der Waals surface area (Å²) in [4.78, 5) is 45.7. The van der Waals surface area contributed by atoms with E-state index in [-0.39, 0.29) is 19.0 Å². The van der Waals surface area contributed by atoms with E-state index < -0.39 is 35.6 Å². The van der Waals surface area contributed by atoms with Gasteiger partial charge in [-0.15, -0.1) is 0 Å². The standard InChI is InChI=1S/C31H35NO6/c1-6-19-12-14-20(15-13-19)26-25(30(34)37-7-2)18(4)32-24-17-23(21-10-9-11-22(16-21)36-5)27(29(33)28(24)26)31(35)38-8-3/h9-16,23,26-28H,6-8,17H2,1-5H3/t23-,26+,27+,28?/m1/s1. The van der Waals surface area contributed by atoms with Crippen LogP contribution in [-0.4, -0.2) is 43.8 Å². The van der Waals surface area contributed by atoms with Gasteiger partial charge in [0.2, 0.25) is 0 Å². The van der Waals surface area contributed by atoms with Crippen molar-refractivity contribution in [2.45, 2.75) is 52.4 Å². The number of aliphatic imine (C=N–C) groups is 1. The van der Waals surface area contributed by atoms with Crippen molar-refractivity contribution in [3.63, 3.8) is 0 Å². The molecule has 1 aliphatic heterocycles. The zero-order chi connectivity index (χ0) is 27.4. The summed E-state index contributed by atoms with van der Waals surface area (Å²) in [5, 5.41) is 0. The summed E-state index contributed by atoms with van der Waals surface area (Å²) < 4.78 is 16.2. The number of ether oxygens (including phenoxy) is 3. The SMILES string of the molecule is CCOC(=O)C1=C(C)N=C2C[C@H](c3cccc(OC)c3)[C@H](C(=O)OCC)C(=O)C2[C@H]1c1ccc(CC)cc1. The van der Waals surface area contributed by atoms with Crippen LogP contribution in [-0.2, 0) is 30.3 Å². The fourth-order valence-electron chi connectivity index (χ4n) is 5.66. The van der Waals surface area contributed by atoms with E-state index >= 15 is 0 Å². The molecule has 2 aromatic rings. The topological polar surface area (TPSA) is 91.3 Å². The van der Waals surface area contributed by atoms with E-state index in [9.17, 15) is 14.4 Å². The van der Waals surface area contributed by atoms with Crippen molar-refractivity contribution in [2.24, 2.45) is 16.8 Å². The first-order chi connectivity index (χ1) is 18.3. The first-order valence-electron chi connectivity index (χ1n) is 13.2. The maximum atomic E-state index is 14.4. The minimum atomic E-state index is -1.04. The second kappa shape index (κ2) is 11.8. The Bertz CT molecular complexity index is 1280. The van der Waals surface area contributed by atoms with E-state index in [1.54, 1.807) is 27.9 Å². The number of esters is 2. The summed E-state index contributed by atoms with van der Waals surface area (Å²) in [7, 11) is 1.58. The average Bonchev–Trinajstić information content (AvgIpc) is 2.92. The molecule has 7 nitrogen and oxygen atoms in total. The molecule has 1 unspecified atom stereocenters. The van der Waals surface area contributed by atoms with Crippen molar-refractivity contribution in [3.8, 4) is 5.75 Å². The molecule has 1 saturated carbocycles. The molecule has 4 atom stereocenters. The lowest BCUT2D eigenvalue weighted by Crippen LogP contribution is -2.48. The highest BCUT2D eigenvalue weighted by molar-refractivity contribution is 6.17. The number of carbonyl (C=O) groups is 3. The summed E-state index contributed by atoms with van der Waals surface area (Å²) in [6, 6.07) is 15.3. The second-order valence-electron chi connectivity index (χ2n) is 9.59. The van der Waals surface area contributed by atoms with E-state index in [4.69, 9.17) is 19.2 Å². The Hall–Kier alpha value is -3.74. The van der Waals surface area contributed by atoms with Crippen molar-refractivity contribution in [2.75, 3.05) is 20.3 Å². The lowest BCUT2D eigenvalue weighted by atomic mass is 9.62. The smallest absolute Gasteiger partial charge is 0.336 e. The van der Waals surface area contributed by atoms with Crippen LogP contribution >= 0.6 is 0 Å². The van der Waals surface area contributed by atoms with Crippen molar-refractivity contribution in [3.05, 3.63) is 76.5 Å². The molecule has 0 amide bonds. The first-order valence-corrected chi connectivity index (χ1v) is 13.2. The first kappa shape index (κ1) is 27.3. The van der Waals surface area contributed by atoms with Crippen LogP contribution in [0.25, 0.3) is 0 Å². The van der Waals surface area contributed by atoms with Crippen LogP contribution in [0.5, 0.6) is 5.75 Å². The molecule has 1 aliphatic carbocycles. The summed E-state index contributed by atoms with van der Waals surface area (Å²) in [5.74, 6) is -3.59. The molecule has 0 aromatic heterocycles. The Balaban J connectivity index is 1.88. The van der Waals surface area contributed by atoms with E-state index in [0.29, 0.717) is 29.2 Å². The van der Waals surface area contributed by atoms with E-state index in [1.165, 1.54) is 0 Å². The second-order valence-corrected chi connectivity index (χ2v) is 9.59. The third-order valence-electron chi connectivity index (χ3n) is 7.45. The van der Waals surface area contributed by atoms with Crippen LogP contribution in [0.1, 0.15) is 62.6 Å². The van der Waals surface area contributed by atoms with Crippen LogP contribution in [0.3, 0.4) is 0 Å². The molecule has 1 fully saturated rings. The molecule has 0 saturated heterocycles. The van der Waals surface area contributed by atoms with Crippen LogP contribution in [0, 0.1) is 11.8 Å². The van der Waals surface area contributed by atoms with E-state index in [1.807, 2.05) is 48.5 Å². The lowest BCUT2D eigenvalue weighted by Gasteiger charge is -2.41. The number of nitrogens with zero attached hydrogens (tertiary/aromatic N) is 1. The Morgan fingerprint density at radius 3 is 2.29 bits per heavy atom. The van der Waals surface area contributed by atoms with Crippen molar-refractivity contribution >= 4 is 23.4 Å². The van der Waals surface area contributed by atoms with E-state index in [0.717, 1.165) is 23.1 Å². The largest absolute Gasteiger partial charge is 0.497 e. The van der Waals surface area contributed by atoms with Gasteiger partial charge in [-0.05, 0) is 62.4 Å². The molecule has 2 aromatic carbocycles. The Morgan fingerprint density at radius 2 is 1.66 bits per heavy atom. The normalized spacial score (nSPS) is 22.9. The minimum absolute atomic E-state index is 0.161. The number of aryl methyl sites for hydroxylation is 1. The quantitative estimate of drug-likeness (QED) is 0.354. The summed E-state index contributed by atoms with van der Waals surface area (Å²) in [6.45, 7) is 7.69. The van der Waals surface area contributed by atoms with Gasteiger partial charge in [-0.1, -0.05) is 43.3 Å². The maximum absolute atomic E-state index is 14.4. The predicted octanol–water partition coefficient (Wildman–Crippen LogP) is 5.19. The fraction of sp³-hybridized carbons (Fsp3) is 0.419. The molecule has 4 rings (SSSR count). The number of ketones is 1. The number of hydrogen-bond acceptors (Lipinski definition) is 7. The van der Waals surface area contributed by atoms with Crippen molar-refractivity contribution in [1.82, 2.24) is 0 Å². The molecular weight excluding hydrogens is 482 g/mol. The van der Waals surface area contributed by atoms with Gasteiger partial charge in [0, 0.05) is 23.2 Å². The Kier molecular flexibility index (Phi) is 8.45. The van der Waals surface area contributed by atoms with Gasteiger partial charge in [0.05, 0.1) is 31.8 Å². The molecular formula is C31H35NO6.